The molecule has 0 atom stereocenters. The van der Waals surface area contributed by atoms with Crippen LogP contribution >= 0.6 is 11.3 Å². The standard InChI is InChI=1S/C19H16S/c1-2-4-15-6-8-16(9-7-15)17-10-12-18(13-11-17)19-5-3-14-20-19/h2-3,5-14H,1,4H2. The fourth-order valence-corrected chi connectivity index (χ4v) is 3.00. The first kappa shape index (κ1) is 12.9. The van der Waals surface area contributed by atoms with Crippen molar-refractivity contribution in [1.29, 1.82) is 0 Å². The maximum Gasteiger partial charge on any atom is 0.0342 e. The molecule has 0 aliphatic heterocycles. The predicted octanol–water partition coefficient (Wildman–Crippen LogP) is 5.81. The van der Waals surface area contributed by atoms with Gasteiger partial charge in [0, 0.05) is 4.88 Å². The highest BCUT2D eigenvalue weighted by molar-refractivity contribution is 7.13. The van der Waals surface area contributed by atoms with E-state index in [4.69, 9.17) is 0 Å². The Morgan fingerprint density at radius 2 is 1.40 bits per heavy atom. The van der Waals surface area contributed by atoms with Gasteiger partial charge in [-0.2, -0.15) is 0 Å². The molecule has 1 heterocycles. The van der Waals surface area contributed by atoms with Gasteiger partial charge in [-0.05, 0) is 40.1 Å². The van der Waals surface area contributed by atoms with Gasteiger partial charge in [0.2, 0.25) is 0 Å². The molecule has 3 aromatic rings. The number of thiophene rings is 1. The second-order valence-electron chi connectivity index (χ2n) is 4.74. The number of benzene rings is 2. The van der Waals surface area contributed by atoms with Gasteiger partial charge in [-0.15, -0.1) is 17.9 Å². The molecule has 0 aliphatic carbocycles. The maximum atomic E-state index is 3.77. The molecule has 98 valence electrons. The second-order valence-corrected chi connectivity index (χ2v) is 5.69. The molecule has 0 aliphatic rings. The van der Waals surface area contributed by atoms with Crippen molar-refractivity contribution in [1.82, 2.24) is 0 Å². The largest absolute Gasteiger partial charge is 0.144 e. The summed E-state index contributed by atoms with van der Waals surface area (Å²) >= 11 is 1.78. The Kier molecular flexibility index (Phi) is 3.80. The van der Waals surface area contributed by atoms with E-state index in [-0.39, 0.29) is 0 Å². The molecular formula is C19H16S. The molecule has 0 nitrogen and oxygen atoms in total. The normalized spacial score (nSPS) is 10.4. The molecule has 0 bridgehead atoms. The second kappa shape index (κ2) is 5.89. The molecule has 0 radical (unpaired) electrons. The first-order valence-electron chi connectivity index (χ1n) is 6.71. The fraction of sp³-hybridized carbons (Fsp3) is 0.0526. The van der Waals surface area contributed by atoms with E-state index in [1.54, 1.807) is 11.3 Å². The van der Waals surface area contributed by atoms with E-state index < -0.39 is 0 Å². The van der Waals surface area contributed by atoms with E-state index in [9.17, 15) is 0 Å². The third-order valence-corrected chi connectivity index (χ3v) is 4.28. The molecule has 1 aromatic heterocycles. The van der Waals surface area contributed by atoms with Crippen molar-refractivity contribution in [2.45, 2.75) is 6.42 Å². The van der Waals surface area contributed by atoms with Gasteiger partial charge in [-0.1, -0.05) is 60.7 Å². The van der Waals surface area contributed by atoms with Crippen molar-refractivity contribution in [2.75, 3.05) is 0 Å². The van der Waals surface area contributed by atoms with Gasteiger partial charge in [0.15, 0.2) is 0 Å². The predicted molar refractivity (Wildman–Crippen MR) is 89.1 cm³/mol. The Balaban J connectivity index is 1.85. The summed E-state index contributed by atoms with van der Waals surface area (Å²) in [6, 6.07) is 21.7. The van der Waals surface area contributed by atoms with E-state index in [1.165, 1.54) is 27.1 Å². The summed E-state index contributed by atoms with van der Waals surface area (Å²) in [6.45, 7) is 3.77. The van der Waals surface area contributed by atoms with Crippen LogP contribution in [0.3, 0.4) is 0 Å². The summed E-state index contributed by atoms with van der Waals surface area (Å²) in [5.41, 5.74) is 5.11. The zero-order chi connectivity index (χ0) is 13.8. The van der Waals surface area contributed by atoms with E-state index >= 15 is 0 Å². The van der Waals surface area contributed by atoms with Gasteiger partial charge in [0.1, 0.15) is 0 Å². The van der Waals surface area contributed by atoms with Crippen molar-refractivity contribution < 1.29 is 0 Å². The minimum absolute atomic E-state index is 0.928. The summed E-state index contributed by atoms with van der Waals surface area (Å²) < 4.78 is 0. The SMILES string of the molecule is C=CCc1ccc(-c2ccc(-c3cccs3)cc2)cc1. The molecule has 2 aromatic carbocycles. The van der Waals surface area contributed by atoms with Crippen LogP contribution in [0.15, 0.2) is 78.7 Å². The summed E-state index contributed by atoms with van der Waals surface area (Å²) in [5.74, 6) is 0. The lowest BCUT2D eigenvalue weighted by molar-refractivity contribution is 1.28. The Morgan fingerprint density at radius 3 is 1.95 bits per heavy atom. The Morgan fingerprint density at radius 1 is 0.800 bits per heavy atom. The number of rotatable bonds is 4. The monoisotopic (exact) mass is 276 g/mol. The number of hydrogen-bond donors (Lipinski definition) is 0. The summed E-state index contributed by atoms with van der Waals surface area (Å²) in [4.78, 5) is 1.32. The molecule has 0 saturated heterocycles. The molecule has 20 heavy (non-hydrogen) atoms. The first-order valence-corrected chi connectivity index (χ1v) is 7.59. The van der Waals surface area contributed by atoms with Crippen molar-refractivity contribution in [3.05, 3.63) is 84.3 Å². The smallest absolute Gasteiger partial charge is 0.0342 e. The van der Waals surface area contributed by atoms with Crippen LogP contribution in [-0.2, 0) is 6.42 Å². The summed E-state index contributed by atoms with van der Waals surface area (Å²) in [7, 11) is 0. The third-order valence-electron chi connectivity index (χ3n) is 3.36. The topological polar surface area (TPSA) is 0 Å². The van der Waals surface area contributed by atoms with Gasteiger partial charge in [0.25, 0.3) is 0 Å². The van der Waals surface area contributed by atoms with Crippen LogP contribution in [-0.4, -0.2) is 0 Å². The van der Waals surface area contributed by atoms with Crippen LogP contribution in [0.25, 0.3) is 21.6 Å². The molecule has 0 spiro atoms. The van der Waals surface area contributed by atoms with Gasteiger partial charge in [-0.3, -0.25) is 0 Å². The lowest BCUT2D eigenvalue weighted by Crippen LogP contribution is -1.82. The van der Waals surface area contributed by atoms with Crippen LogP contribution < -0.4 is 0 Å². The van der Waals surface area contributed by atoms with Gasteiger partial charge >= 0.3 is 0 Å². The first-order chi connectivity index (χ1) is 9.86. The number of allylic oxidation sites excluding steroid dienone is 1. The van der Waals surface area contributed by atoms with E-state index in [1.807, 2.05) is 6.08 Å². The lowest BCUT2D eigenvalue weighted by Gasteiger charge is -2.05. The van der Waals surface area contributed by atoms with Crippen molar-refractivity contribution in [3.8, 4) is 21.6 Å². The highest BCUT2D eigenvalue weighted by Crippen LogP contribution is 2.27. The minimum Gasteiger partial charge on any atom is -0.144 e. The Bertz CT molecular complexity index is 674. The van der Waals surface area contributed by atoms with Gasteiger partial charge in [-0.25, -0.2) is 0 Å². The molecular weight excluding hydrogens is 260 g/mol. The molecule has 0 unspecified atom stereocenters. The summed E-state index contributed by atoms with van der Waals surface area (Å²) in [5, 5.41) is 2.11. The molecule has 0 N–H and O–H groups in total. The van der Waals surface area contributed by atoms with Gasteiger partial charge < -0.3 is 0 Å². The highest BCUT2D eigenvalue weighted by atomic mass is 32.1. The molecule has 0 amide bonds. The van der Waals surface area contributed by atoms with Crippen LogP contribution in [0.2, 0.25) is 0 Å². The molecule has 0 saturated carbocycles. The van der Waals surface area contributed by atoms with Crippen LogP contribution in [0.5, 0.6) is 0 Å². The van der Waals surface area contributed by atoms with Crippen molar-refractivity contribution >= 4 is 11.3 Å². The average molecular weight is 276 g/mol. The lowest BCUT2D eigenvalue weighted by atomic mass is 10.0. The average Bonchev–Trinajstić information content (AvgIpc) is 3.03. The highest BCUT2D eigenvalue weighted by Gasteiger charge is 2.01. The van der Waals surface area contributed by atoms with Crippen LogP contribution in [0.4, 0.5) is 0 Å². The van der Waals surface area contributed by atoms with E-state index in [2.05, 4.69) is 72.6 Å². The van der Waals surface area contributed by atoms with Crippen LogP contribution in [0, 0.1) is 0 Å². The Hall–Kier alpha value is -2.12. The van der Waals surface area contributed by atoms with Gasteiger partial charge in [0.05, 0.1) is 0 Å². The minimum atomic E-state index is 0.928. The van der Waals surface area contributed by atoms with Crippen molar-refractivity contribution in [3.63, 3.8) is 0 Å². The van der Waals surface area contributed by atoms with Crippen LogP contribution in [0.1, 0.15) is 5.56 Å². The number of hydrogen-bond acceptors (Lipinski definition) is 1. The molecule has 1 heteroatoms. The quantitative estimate of drug-likeness (QED) is 0.527. The van der Waals surface area contributed by atoms with E-state index in [0.717, 1.165) is 6.42 Å². The Labute approximate surface area is 124 Å². The van der Waals surface area contributed by atoms with Crippen molar-refractivity contribution in [2.24, 2.45) is 0 Å². The third kappa shape index (κ3) is 2.73. The molecule has 3 rings (SSSR count). The zero-order valence-corrected chi connectivity index (χ0v) is 12.1. The maximum absolute atomic E-state index is 3.77. The van der Waals surface area contributed by atoms with E-state index in [0.29, 0.717) is 0 Å². The molecule has 0 fully saturated rings. The summed E-state index contributed by atoms with van der Waals surface area (Å²) in [6.07, 6.45) is 2.86. The zero-order valence-electron chi connectivity index (χ0n) is 11.3. The fourth-order valence-electron chi connectivity index (χ4n) is 2.27.